The lowest BCUT2D eigenvalue weighted by Crippen LogP contribution is -2.25. The van der Waals surface area contributed by atoms with Crippen molar-refractivity contribution in [2.24, 2.45) is 0 Å². The Kier molecular flexibility index (Phi) is 7.12. The van der Waals surface area contributed by atoms with Gasteiger partial charge in [-0.1, -0.05) is 109 Å². The molecule has 2 aliphatic carbocycles. The van der Waals surface area contributed by atoms with Crippen LogP contribution in [0.25, 0.3) is 22.9 Å². The Morgan fingerprint density at radius 1 is 0.400 bits per heavy atom. The Morgan fingerprint density at radius 3 is 1.20 bits per heavy atom. The fourth-order valence-electron chi connectivity index (χ4n) is 4.17. The summed E-state index contributed by atoms with van der Waals surface area (Å²) in [6.45, 7) is 0. The molecule has 2 aliphatic rings. The van der Waals surface area contributed by atoms with Crippen LogP contribution in [0.4, 0.5) is 0 Å². The van der Waals surface area contributed by atoms with E-state index in [2.05, 4.69) is 109 Å². The van der Waals surface area contributed by atoms with Crippen molar-refractivity contribution in [2.45, 2.75) is 38.5 Å². The molecule has 0 unspecified atom stereocenters. The molecule has 0 amide bonds. The Bertz CT molecular complexity index is 1070. The van der Waals surface area contributed by atoms with Crippen LogP contribution >= 0.6 is 0 Å². The molecule has 0 bridgehead atoms. The van der Waals surface area contributed by atoms with Crippen LogP contribution in [-0.2, 0) is 12.8 Å². The summed E-state index contributed by atoms with van der Waals surface area (Å²) in [5.41, 5.74) is 3.16. The summed E-state index contributed by atoms with van der Waals surface area (Å²) >= 11 is 0. The second kappa shape index (κ2) is 10.6. The van der Waals surface area contributed by atoms with Crippen molar-refractivity contribution in [3.8, 4) is 0 Å². The number of benzene rings is 4. The molecule has 0 heterocycles. The molecule has 0 nitrogen and oxygen atoms in total. The van der Waals surface area contributed by atoms with Gasteiger partial charge in [0.15, 0.2) is 0 Å². The van der Waals surface area contributed by atoms with Crippen molar-refractivity contribution >= 4 is 22.9 Å². The van der Waals surface area contributed by atoms with E-state index in [1.165, 1.54) is 59.7 Å². The monoisotopic (exact) mass is 390 g/mol. The maximum atomic E-state index is 2.30. The van der Waals surface area contributed by atoms with Gasteiger partial charge in [0.25, 0.3) is 0 Å². The van der Waals surface area contributed by atoms with Crippen LogP contribution < -0.4 is 10.4 Å². The first kappa shape index (κ1) is 20.2. The largest absolute Gasteiger partial charge is 0.0764 e. The van der Waals surface area contributed by atoms with Crippen LogP contribution in [0.2, 0.25) is 0 Å². The summed E-state index contributed by atoms with van der Waals surface area (Å²) < 4.78 is 0. The highest BCUT2D eigenvalue weighted by Crippen LogP contribution is 2.19. The maximum absolute atomic E-state index is 2.30. The number of fused-ring (bicyclic) bond motifs is 3. The van der Waals surface area contributed by atoms with Crippen molar-refractivity contribution in [3.63, 3.8) is 0 Å². The average Bonchev–Trinajstić information content (AvgIpc) is 2.85. The molecule has 0 saturated carbocycles. The van der Waals surface area contributed by atoms with Crippen molar-refractivity contribution < 1.29 is 0 Å². The van der Waals surface area contributed by atoms with Gasteiger partial charge in [-0.05, 0) is 70.9 Å². The van der Waals surface area contributed by atoms with Gasteiger partial charge in [0.2, 0.25) is 0 Å². The number of hydrogen-bond acceptors (Lipinski definition) is 0. The first-order chi connectivity index (χ1) is 14.9. The molecule has 0 saturated heterocycles. The van der Waals surface area contributed by atoms with E-state index in [4.69, 9.17) is 0 Å². The summed E-state index contributed by atoms with van der Waals surface area (Å²) in [4.78, 5) is 0. The van der Waals surface area contributed by atoms with Crippen LogP contribution in [-0.4, -0.2) is 0 Å². The van der Waals surface area contributed by atoms with Gasteiger partial charge in [-0.2, -0.15) is 0 Å². The SMILES string of the molecule is C1=c2ccccc2=CCC1.c1ccc2c(c1)CCCC2.c1ccc2ccccc2c1. The Morgan fingerprint density at radius 2 is 0.767 bits per heavy atom. The molecule has 0 aliphatic heterocycles. The molecule has 0 spiro atoms. The number of rotatable bonds is 0. The predicted molar refractivity (Wildman–Crippen MR) is 131 cm³/mol. The quantitative estimate of drug-likeness (QED) is 0.324. The predicted octanol–water partition coefficient (Wildman–Crippen LogP) is 6.45. The summed E-state index contributed by atoms with van der Waals surface area (Å²) in [7, 11) is 0. The van der Waals surface area contributed by atoms with Crippen molar-refractivity contribution in [1.29, 1.82) is 0 Å². The van der Waals surface area contributed by atoms with E-state index in [0.717, 1.165) is 0 Å². The molecule has 0 atom stereocenters. The molecule has 0 heteroatoms. The fraction of sp³-hybridized carbons (Fsp3) is 0.200. The highest BCUT2D eigenvalue weighted by atomic mass is 14.1. The van der Waals surface area contributed by atoms with Crippen LogP contribution in [0.1, 0.15) is 36.8 Å². The average molecular weight is 391 g/mol. The Balaban J connectivity index is 0.000000109. The van der Waals surface area contributed by atoms with Crippen LogP contribution in [0.3, 0.4) is 0 Å². The maximum Gasteiger partial charge on any atom is -0.0184 e. The zero-order valence-electron chi connectivity index (χ0n) is 17.6. The number of hydrogen-bond donors (Lipinski definition) is 0. The van der Waals surface area contributed by atoms with Gasteiger partial charge in [-0.3, -0.25) is 0 Å². The minimum absolute atomic E-state index is 1.21. The molecule has 0 N–H and O–H groups in total. The van der Waals surface area contributed by atoms with Gasteiger partial charge in [0, 0.05) is 0 Å². The molecule has 0 fully saturated rings. The summed E-state index contributed by atoms with van der Waals surface area (Å²) in [6.07, 6.45) is 12.4. The zero-order chi connectivity index (χ0) is 20.4. The second-order valence-electron chi connectivity index (χ2n) is 7.94. The first-order valence-electron chi connectivity index (χ1n) is 11.2. The van der Waals surface area contributed by atoms with Crippen molar-refractivity contribution in [2.75, 3.05) is 0 Å². The first-order valence-corrected chi connectivity index (χ1v) is 11.2. The summed E-state index contributed by atoms with van der Waals surface area (Å²) in [6, 6.07) is 34.0. The lowest BCUT2D eigenvalue weighted by atomic mass is 9.92. The van der Waals surface area contributed by atoms with E-state index < -0.39 is 0 Å². The van der Waals surface area contributed by atoms with Gasteiger partial charge in [0.1, 0.15) is 0 Å². The van der Waals surface area contributed by atoms with Gasteiger partial charge in [-0.15, -0.1) is 0 Å². The van der Waals surface area contributed by atoms with E-state index in [1.807, 2.05) is 0 Å². The second-order valence-corrected chi connectivity index (χ2v) is 7.94. The van der Waals surface area contributed by atoms with Crippen molar-refractivity contribution in [1.82, 2.24) is 0 Å². The van der Waals surface area contributed by atoms with Gasteiger partial charge >= 0.3 is 0 Å². The molecule has 0 radical (unpaired) electrons. The van der Waals surface area contributed by atoms with E-state index in [1.54, 1.807) is 11.1 Å². The zero-order valence-corrected chi connectivity index (χ0v) is 17.6. The summed E-state index contributed by atoms with van der Waals surface area (Å²) in [5, 5.41) is 5.41. The molecule has 6 rings (SSSR count). The smallest absolute Gasteiger partial charge is 0.0184 e. The van der Waals surface area contributed by atoms with Crippen LogP contribution in [0, 0.1) is 0 Å². The molecule has 4 aromatic rings. The highest BCUT2D eigenvalue weighted by molar-refractivity contribution is 5.82. The van der Waals surface area contributed by atoms with Gasteiger partial charge < -0.3 is 0 Å². The molecule has 30 heavy (non-hydrogen) atoms. The van der Waals surface area contributed by atoms with Crippen LogP contribution in [0.5, 0.6) is 0 Å². The third-order valence-corrected chi connectivity index (χ3v) is 5.81. The topological polar surface area (TPSA) is 0 Å². The Labute approximate surface area is 180 Å². The van der Waals surface area contributed by atoms with E-state index in [-0.39, 0.29) is 0 Å². The van der Waals surface area contributed by atoms with Gasteiger partial charge in [0.05, 0.1) is 0 Å². The van der Waals surface area contributed by atoms with Crippen molar-refractivity contribution in [3.05, 3.63) is 119 Å². The molecule has 4 aromatic carbocycles. The van der Waals surface area contributed by atoms with Crippen LogP contribution in [0.15, 0.2) is 97.1 Å². The van der Waals surface area contributed by atoms with E-state index >= 15 is 0 Å². The van der Waals surface area contributed by atoms with Gasteiger partial charge in [-0.25, -0.2) is 0 Å². The summed E-state index contributed by atoms with van der Waals surface area (Å²) in [5.74, 6) is 0. The lowest BCUT2D eigenvalue weighted by molar-refractivity contribution is 0.685. The standard InChI is InChI=1S/C10H12.C10H10.C10H8/c3*1-2-6-10-8-4-3-7-9(10)5-1/h1-2,5-6H,3-4,7-8H2;1-2,5-8H,3-4H2;1-8H. The molecule has 150 valence electrons. The lowest BCUT2D eigenvalue weighted by Gasteiger charge is -2.13. The highest BCUT2D eigenvalue weighted by Gasteiger charge is 2.06. The molecular formula is C30H30. The molecule has 0 aromatic heterocycles. The third-order valence-electron chi connectivity index (χ3n) is 5.81. The Hall–Kier alpha value is -3.12. The van der Waals surface area contributed by atoms with E-state index in [9.17, 15) is 0 Å². The fourth-order valence-corrected chi connectivity index (χ4v) is 4.17. The molecular weight excluding hydrogens is 360 g/mol. The normalized spacial score (nSPS) is 13.7. The van der Waals surface area contributed by atoms with E-state index in [0.29, 0.717) is 0 Å². The number of aryl methyl sites for hydroxylation is 2. The minimum atomic E-state index is 1.21. The minimum Gasteiger partial charge on any atom is -0.0764 e. The third kappa shape index (κ3) is 5.48.